The third kappa shape index (κ3) is 2.48. The number of hydrogen-bond acceptors (Lipinski definition) is 5. The lowest BCUT2D eigenvalue weighted by molar-refractivity contribution is 0.176. The number of aliphatic hydroxyl groups excluding tert-OH is 1. The molecule has 1 atom stereocenters. The molecule has 4 aromatic rings. The van der Waals surface area contributed by atoms with Gasteiger partial charge in [-0.25, -0.2) is 4.98 Å². The number of nitrogen functional groups attached to an aromatic ring is 1. The molecular weight excluding hydrogens is 304 g/mol. The number of benzene rings is 1. The van der Waals surface area contributed by atoms with Crippen molar-refractivity contribution in [3.8, 4) is 11.3 Å². The number of nitrogens with zero attached hydrogens (tertiary/aromatic N) is 4. The first-order valence-corrected chi connectivity index (χ1v) is 7.86. The molecule has 0 aliphatic heterocycles. The summed E-state index contributed by atoms with van der Waals surface area (Å²) in [6.45, 7) is 2.41. The zero-order valence-electron chi connectivity index (χ0n) is 13.3. The van der Waals surface area contributed by atoms with Gasteiger partial charge in [0.15, 0.2) is 0 Å². The Labute approximate surface area is 138 Å². The van der Waals surface area contributed by atoms with Crippen molar-refractivity contribution in [3.05, 3.63) is 36.7 Å². The summed E-state index contributed by atoms with van der Waals surface area (Å²) in [7, 11) is 0. The Bertz CT molecular complexity index is 1000. The van der Waals surface area contributed by atoms with Crippen LogP contribution >= 0.6 is 0 Å². The topological polar surface area (TPSA) is 106 Å². The fraction of sp³-hybridized carbons (Fsp3) is 0.235. The molecule has 0 spiro atoms. The number of aromatic nitrogens is 5. The van der Waals surface area contributed by atoms with E-state index in [0.717, 1.165) is 33.1 Å². The van der Waals surface area contributed by atoms with E-state index in [2.05, 4.69) is 20.3 Å². The molecule has 0 bridgehead atoms. The Morgan fingerprint density at radius 3 is 2.92 bits per heavy atom. The molecule has 0 amide bonds. The first-order chi connectivity index (χ1) is 11.6. The lowest BCUT2D eigenvalue weighted by Crippen LogP contribution is -2.07. The summed E-state index contributed by atoms with van der Waals surface area (Å²) in [5, 5.41) is 22.8. The number of nitrogens with two attached hydrogens (primary N) is 1. The molecule has 3 heterocycles. The molecule has 0 fully saturated rings. The number of fused-ring (bicyclic) bond motifs is 3. The summed E-state index contributed by atoms with van der Waals surface area (Å²) in [6, 6.07) is 7.91. The predicted octanol–water partition coefficient (Wildman–Crippen LogP) is 2.33. The van der Waals surface area contributed by atoms with Crippen LogP contribution in [-0.2, 0) is 6.54 Å². The van der Waals surface area contributed by atoms with Crippen LogP contribution in [0.2, 0.25) is 0 Å². The number of pyridine rings is 1. The van der Waals surface area contributed by atoms with Crippen LogP contribution in [0.15, 0.2) is 36.7 Å². The molecule has 0 aliphatic rings. The normalized spacial score (nSPS) is 12.9. The predicted molar refractivity (Wildman–Crippen MR) is 93.3 cm³/mol. The van der Waals surface area contributed by atoms with Crippen molar-refractivity contribution in [2.75, 3.05) is 5.73 Å². The van der Waals surface area contributed by atoms with Gasteiger partial charge in [-0.1, -0.05) is 6.07 Å². The largest absolute Gasteiger partial charge is 0.393 e. The van der Waals surface area contributed by atoms with Crippen molar-refractivity contribution in [1.29, 1.82) is 0 Å². The fourth-order valence-corrected chi connectivity index (χ4v) is 2.84. The average molecular weight is 322 g/mol. The van der Waals surface area contributed by atoms with Crippen LogP contribution in [0.3, 0.4) is 0 Å². The number of aliphatic hydroxyl groups is 1. The summed E-state index contributed by atoms with van der Waals surface area (Å²) in [5.74, 6) is 0.461. The van der Waals surface area contributed by atoms with Gasteiger partial charge in [0.2, 0.25) is 0 Å². The van der Waals surface area contributed by atoms with Crippen LogP contribution in [0, 0.1) is 0 Å². The van der Waals surface area contributed by atoms with Gasteiger partial charge < -0.3 is 10.8 Å². The van der Waals surface area contributed by atoms with Crippen molar-refractivity contribution in [2.24, 2.45) is 0 Å². The summed E-state index contributed by atoms with van der Waals surface area (Å²) >= 11 is 0. The highest BCUT2D eigenvalue weighted by Crippen LogP contribution is 2.29. The van der Waals surface area contributed by atoms with Gasteiger partial charge in [-0.05, 0) is 31.5 Å². The van der Waals surface area contributed by atoms with Gasteiger partial charge >= 0.3 is 0 Å². The van der Waals surface area contributed by atoms with Gasteiger partial charge in [0.05, 0.1) is 22.7 Å². The van der Waals surface area contributed by atoms with Gasteiger partial charge in [-0.2, -0.15) is 10.2 Å². The molecule has 4 N–H and O–H groups in total. The summed E-state index contributed by atoms with van der Waals surface area (Å²) < 4.78 is 1.82. The van der Waals surface area contributed by atoms with E-state index in [0.29, 0.717) is 18.8 Å². The quantitative estimate of drug-likeness (QED) is 0.535. The highest BCUT2D eigenvalue weighted by atomic mass is 16.3. The van der Waals surface area contributed by atoms with E-state index < -0.39 is 0 Å². The average Bonchev–Trinajstić information content (AvgIpc) is 3.22. The van der Waals surface area contributed by atoms with Crippen LogP contribution < -0.4 is 5.73 Å². The third-order valence-corrected chi connectivity index (χ3v) is 4.12. The molecule has 7 heteroatoms. The second-order valence-corrected chi connectivity index (χ2v) is 5.99. The number of aryl methyl sites for hydroxylation is 1. The number of rotatable bonds is 4. The molecule has 24 heavy (non-hydrogen) atoms. The van der Waals surface area contributed by atoms with Gasteiger partial charge in [0.25, 0.3) is 0 Å². The van der Waals surface area contributed by atoms with Gasteiger partial charge in [-0.15, -0.1) is 0 Å². The Hall–Kier alpha value is -2.93. The minimum Gasteiger partial charge on any atom is -0.393 e. The lowest BCUT2D eigenvalue weighted by Gasteiger charge is -2.04. The number of anilines is 1. The maximum atomic E-state index is 9.45. The molecule has 122 valence electrons. The summed E-state index contributed by atoms with van der Waals surface area (Å²) in [4.78, 5) is 4.52. The Kier molecular flexibility index (Phi) is 3.42. The van der Waals surface area contributed by atoms with Crippen LogP contribution in [0.4, 0.5) is 5.82 Å². The molecule has 7 nitrogen and oxygen atoms in total. The molecule has 0 aliphatic carbocycles. The van der Waals surface area contributed by atoms with E-state index in [1.165, 1.54) is 0 Å². The number of nitrogens with one attached hydrogen (secondary N) is 1. The Balaban J connectivity index is 1.84. The molecule has 1 aromatic carbocycles. The van der Waals surface area contributed by atoms with E-state index >= 15 is 0 Å². The minimum atomic E-state index is -0.360. The second kappa shape index (κ2) is 5.61. The van der Waals surface area contributed by atoms with Crippen molar-refractivity contribution in [1.82, 2.24) is 25.0 Å². The molecule has 0 saturated carbocycles. The van der Waals surface area contributed by atoms with Crippen LogP contribution in [0.25, 0.3) is 33.1 Å². The maximum Gasteiger partial charge on any atom is 0.135 e. The van der Waals surface area contributed by atoms with Crippen LogP contribution in [0.1, 0.15) is 13.3 Å². The second-order valence-electron chi connectivity index (χ2n) is 5.99. The summed E-state index contributed by atoms with van der Waals surface area (Å²) in [6.07, 6.45) is 3.89. The maximum absolute atomic E-state index is 9.45. The molecule has 0 radical (unpaired) electrons. The van der Waals surface area contributed by atoms with Crippen molar-refractivity contribution >= 4 is 27.6 Å². The zero-order valence-corrected chi connectivity index (χ0v) is 13.3. The molecule has 3 aromatic heterocycles. The highest BCUT2D eigenvalue weighted by Gasteiger charge is 2.12. The Morgan fingerprint density at radius 1 is 1.29 bits per heavy atom. The fourth-order valence-electron chi connectivity index (χ4n) is 2.84. The lowest BCUT2D eigenvalue weighted by atomic mass is 10.1. The van der Waals surface area contributed by atoms with Crippen LogP contribution in [-0.4, -0.2) is 36.2 Å². The monoisotopic (exact) mass is 322 g/mol. The van der Waals surface area contributed by atoms with Gasteiger partial charge in [0.1, 0.15) is 11.3 Å². The Morgan fingerprint density at radius 2 is 2.17 bits per heavy atom. The van der Waals surface area contributed by atoms with Crippen LogP contribution in [0.5, 0.6) is 0 Å². The van der Waals surface area contributed by atoms with E-state index in [4.69, 9.17) is 5.73 Å². The first kappa shape index (κ1) is 14.6. The summed E-state index contributed by atoms with van der Waals surface area (Å²) in [5.41, 5.74) is 9.69. The van der Waals surface area contributed by atoms with E-state index in [1.54, 1.807) is 13.1 Å². The molecule has 0 saturated heterocycles. The van der Waals surface area contributed by atoms with Crippen molar-refractivity contribution < 1.29 is 5.11 Å². The number of hydrogen-bond donors (Lipinski definition) is 3. The standard InChI is InChI=1S/C17H18N6O/c1-10(24)5-7-23-9-13-16(22-23)12-3-2-11(14-4-6-19-21-14)8-15(12)20-17(13)18/h2-4,6,8-10,24H,5,7H2,1H3,(H2,18,20)(H,19,21). The van der Waals surface area contributed by atoms with Gasteiger partial charge in [0, 0.05) is 29.9 Å². The smallest absolute Gasteiger partial charge is 0.135 e. The molecule has 1 unspecified atom stereocenters. The molecular formula is C17H18N6O. The third-order valence-electron chi connectivity index (χ3n) is 4.12. The zero-order chi connectivity index (χ0) is 16.7. The number of aromatic amines is 1. The SMILES string of the molecule is CC(O)CCn1cc2c(N)nc3cc(-c4ccn[nH]4)ccc3c2n1. The van der Waals surface area contributed by atoms with Crippen molar-refractivity contribution in [3.63, 3.8) is 0 Å². The minimum absolute atomic E-state index is 0.360. The number of H-pyrrole nitrogens is 1. The van der Waals surface area contributed by atoms with Crippen molar-refractivity contribution in [2.45, 2.75) is 26.0 Å². The van der Waals surface area contributed by atoms with E-state index in [-0.39, 0.29) is 6.10 Å². The van der Waals surface area contributed by atoms with Gasteiger partial charge in [-0.3, -0.25) is 9.78 Å². The highest BCUT2D eigenvalue weighted by molar-refractivity contribution is 6.08. The van der Waals surface area contributed by atoms with E-state index in [1.807, 2.05) is 35.1 Å². The van der Waals surface area contributed by atoms with E-state index in [9.17, 15) is 5.11 Å². The first-order valence-electron chi connectivity index (χ1n) is 7.86. The molecule has 4 rings (SSSR count).